The predicted molar refractivity (Wildman–Crippen MR) is 126 cm³/mol. The molecule has 0 spiro atoms. The number of aliphatic hydroxyl groups is 2. The first-order valence-electron chi connectivity index (χ1n) is 11.7. The number of hydrogen-bond donors (Lipinski definition) is 5. The van der Waals surface area contributed by atoms with Crippen LogP contribution >= 0.6 is 7.82 Å². The van der Waals surface area contributed by atoms with Crippen LogP contribution < -0.4 is 51.6 Å². The number of nitrogens with two attached hydrogens (primary N) is 1. The third kappa shape index (κ3) is 6.17. The Kier molecular flexibility index (Phi) is 9.18. The van der Waals surface area contributed by atoms with E-state index < -0.39 is 75.0 Å². The molecule has 0 saturated carbocycles. The molecule has 20 heteroatoms. The van der Waals surface area contributed by atoms with Gasteiger partial charge in [0.15, 0.2) is 11.2 Å². The molecule has 2 aliphatic rings. The summed E-state index contributed by atoms with van der Waals surface area (Å²) < 4.78 is 36.8. The molecular weight excluding hydrogens is 568 g/mol. The Morgan fingerprint density at radius 2 is 1.93 bits per heavy atom. The number of imidazole rings is 1. The van der Waals surface area contributed by atoms with Gasteiger partial charge < -0.3 is 35.4 Å². The van der Waals surface area contributed by atoms with Crippen molar-refractivity contribution in [3.05, 3.63) is 38.9 Å². The van der Waals surface area contributed by atoms with Crippen molar-refractivity contribution >= 4 is 24.9 Å². The summed E-state index contributed by atoms with van der Waals surface area (Å²) in [5.74, 6) is -0.827. The van der Waals surface area contributed by atoms with E-state index in [1.54, 1.807) is 0 Å². The van der Waals surface area contributed by atoms with Crippen LogP contribution in [0.1, 0.15) is 30.9 Å². The monoisotopic (exact) mass is 593 g/mol. The average molecular weight is 593 g/mol. The molecule has 0 amide bonds. The molecule has 2 fully saturated rings. The number of H-pyrrole nitrogens is 1. The summed E-state index contributed by atoms with van der Waals surface area (Å²) in [6, 6.07) is 0. The van der Waals surface area contributed by atoms with Crippen molar-refractivity contribution in [2.45, 2.75) is 56.6 Å². The summed E-state index contributed by atoms with van der Waals surface area (Å²) in [6.45, 7) is 0.320. The van der Waals surface area contributed by atoms with Crippen LogP contribution in [0.15, 0.2) is 22.1 Å². The number of aromatic amines is 1. The quantitative estimate of drug-likeness (QED) is 0.121. The smallest absolute Gasteiger partial charge is 0.858 e. The Balaban J connectivity index is 0.00000370. The summed E-state index contributed by atoms with van der Waals surface area (Å²) in [7, 11) is -4.77. The van der Waals surface area contributed by atoms with Crippen LogP contribution in [0.2, 0.25) is 0 Å². The number of fused-ring (bicyclic) bond motifs is 1. The molecule has 5 rings (SSSR count). The van der Waals surface area contributed by atoms with E-state index in [-0.39, 0.29) is 65.1 Å². The summed E-state index contributed by atoms with van der Waals surface area (Å²) in [6.07, 6.45) is -3.85. The van der Waals surface area contributed by atoms with Crippen molar-refractivity contribution in [3.8, 4) is 5.88 Å². The molecular formula is C20H25N7NaO11P. The summed E-state index contributed by atoms with van der Waals surface area (Å²) >= 11 is 0. The molecule has 6 N–H and O–H groups in total. The van der Waals surface area contributed by atoms with E-state index in [0.717, 1.165) is 4.57 Å². The SMILES string of the molecule is Cc1cn([C@H]2C[C@H](O)[C@@H](COP(=O)(O)O[C@H]3C[C@H](n4cnc5c(=O)[nH]c(N)nc54)O[C@@H]3CO)O2)c(=O)nc1[O-].[Na+]. The number of ether oxygens (including phenoxy) is 2. The molecule has 0 aromatic carbocycles. The van der Waals surface area contributed by atoms with E-state index >= 15 is 0 Å². The maximum Gasteiger partial charge on any atom is 1.00 e. The minimum atomic E-state index is -4.77. The molecule has 3 aromatic rings. The second kappa shape index (κ2) is 11.9. The molecule has 3 aromatic heterocycles. The number of phosphoric acid groups is 1. The first kappa shape index (κ1) is 30.7. The molecule has 2 aliphatic heterocycles. The minimum Gasteiger partial charge on any atom is -0.858 e. The third-order valence-corrected chi connectivity index (χ3v) is 7.41. The molecule has 0 aliphatic carbocycles. The van der Waals surface area contributed by atoms with Crippen molar-refractivity contribution in [2.75, 3.05) is 18.9 Å². The van der Waals surface area contributed by atoms with Gasteiger partial charge in [-0.05, 0) is 18.4 Å². The second-order valence-corrected chi connectivity index (χ2v) is 10.5. The Hall–Kier alpha value is -2.22. The number of nitrogens with zero attached hydrogens (tertiary/aromatic N) is 5. The molecule has 7 atom stereocenters. The van der Waals surface area contributed by atoms with Gasteiger partial charge >= 0.3 is 43.1 Å². The Labute approximate surface area is 246 Å². The number of hydrogen-bond acceptors (Lipinski definition) is 14. The van der Waals surface area contributed by atoms with Gasteiger partial charge in [0.05, 0.1) is 25.6 Å². The van der Waals surface area contributed by atoms with Crippen molar-refractivity contribution in [3.63, 3.8) is 0 Å². The zero-order valence-corrected chi connectivity index (χ0v) is 24.2. The number of aromatic nitrogens is 6. The van der Waals surface area contributed by atoms with Crippen LogP contribution in [0.3, 0.4) is 0 Å². The minimum absolute atomic E-state index is 0. The first-order chi connectivity index (χ1) is 18.5. The maximum atomic E-state index is 12.7. The van der Waals surface area contributed by atoms with E-state index in [1.165, 1.54) is 24.0 Å². The van der Waals surface area contributed by atoms with Gasteiger partial charge in [-0.25, -0.2) is 19.3 Å². The van der Waals surface area contributed by atoms with Crippen LogP contribution in [-0.4, -0.2) is 81.8 Å². The van der Waals surface area contributed by atoms with E-state index in [9.17, 15) is 34.4 Å². The summed E-state index contributed by atoms with van der Waals surface area (Å²) in [5, 5.41) is 31.6. The predicted octanol–water partition coefficient (Wildman–Crippen LogP) is -5.22. The topological polar surface area (TPSA) is 262 Å². The fraction of sp³-hybridized carbons (Fsp3) is 0.550. The summed E-state index contributed by atoms with van der Waals surface area (Å²) in [5.41, 5.74) is 4.50. The van der Waals surface area contributed by atoms with Crippen LogP contribution in [0, 0.1) is 6.92 Å². The van der Waals surface area contributed by atoms with E-state index in [2.05, 4.69) is 19.9 Å². The van der Waals surface area contributed by atoms with Crippen LogP contribution in [-0.2, 0) is 23.1 Å². The third-order valence-electron chi connectivity index (χ3n) is 6.39. The van der Waals surface area contributed by atoms with Crippen molar-refractivity contribution < 1.29 is 72.9 Å². The average Bonchev–Trinajstić information content (AvgIpc) is 3.56. The van der Waals surface area contributed by atoms with Gasteiger partial charge in [-0.1, -0.05) is 0 Å². The molecule has 2 saturated heterocycles. The molecule has 40 heavy (non-hydrogen) atoms. The van der Waals surface area contributed by atoms with Crippen LogP contribution in [0.25, 0.3) is 11.2 Å². The van der Waals surface area contributed by atoms with E-state index in [0.29, 0.717) is 0 Å². The number of aryl methyl sites for hydroxylation is 1. The fourth-order valence-corrected chi connectivity index (χ4v) is 5.42. The van der Waals surface area contributed by atoms with E-state index in [1.807, 2.05) is 0 Å². The van der Waals surface area contributed by atoms with Gasteiger partial charge in [0, 0.05) is 19.0 Å². The van der Waals surface area contributed by atoms with Gasteiger partial charge in [0.1, 0.15) is 30.8 Å². The van der Waals surface area contributed by atoms with Gasteiger partial charge in [0.2, 0.25) is 5.95 Å². The number of anilines is 1. The number of rotatable bonds is 8. The Morgan fingerprint density at radius 3 is 2.65 bits per heavy atom. The largest absolute Gasteiger partial charge is 1.00 e. The zero-order valence-electron chi connectivity index (χ0n) is 21.3. The fourth-order valence-electron chi connectivity index (χ4n) is 4.46. The molecule has 5 heterocycles. The molecule has 1 unspecified atom stereocenters. The van der Waals surface area contributed by atoms with Gasteiger partial charge in [0.25, 0.3) is 5.56 Å². The van der Waals surface area contributed by atoms with Crippen molar-refractivity contribution in [2.24, 2.45) is 0 Å². The van der Waals surface area contributed by atoms with Crippen molar-refractivity contribution in [1.29, 1.82) is 0 Å². The van der Waals surface area contributed by atoms with Gasteiger partial charge in [-0.15, -0.1) is 0 Å². The van der Waals surface area contributed by atoms with Crippen molar-refractivity contribution in [1.82, 2.24) is 29.1 Å². The molecule has 0 radical (unpaired) electrons. The number of phosphoric ester groups is 1. The normalized spacial score (nSPS) is 28.0. The second-order valence-electron chi connectivity index (χ2n) is 9.08. The molecule has 18 nitrogen and oxygen atoms in total. The molecule has 212 valence electrons. The standard InChI is InChI=1S/C20H26N7O11P.Na/c1-8-4-26(20(32)25-17(8)30)13-2-9(29)12(37-13)6-35-39(33,34)38-10-3-14(36-11(10)5-28)27-7-22-15-16(27)23-19(21)24-18(15)31;/h4,7,9-14,28-29H,2-3,5-6H2,1H3,(H,33,34)(H,25,30,32)(H3,21,23,24,31);/q;+1/p-1/t9-,10-,11+,12+,13+,14+;/m0./s1. The zero-order chi connectivity index (χ0) is 28.1. The first-order valence-corrected chi connectivity index (χ1v) is 13.2. The Morgan fingerprint density at radius 1 is 1.23 bits per heavy atom. The summed E-state index contributed by atoms with van der Waals surface area (Å²) in [4.78, 5) is 48.2. The molecule has 0 bridgehead atoms. The number of aliphatic hydroxyl groups excluding tert-OH is 2. The van der Waals surface area contributed by atoms with E-state index in [4.69, 9.17) is 24.3 Å². The van der Waals surface area contributed by atoms with Gasteiger partial charge in [-0.2, -0.15) is 4.98 Å². The van der Waals surface area contributed by atoms with Gasteiger partial charge in [-0.3, -0.25) is 28.0 Å². The van der Waals surface area contributed by atoms with Crippen LogP contribution in [0.4, 0.5) is 5.95 Å². The number of nitrogens with one attached hydrogen (secondary N) is 1. The Bertz CT molecular complexity index is 1550. The number of nitrogen functional groups attached to an aromatic ring is 1. The maximum absolute atomic E-state index is 12.7. The van der Waals surface area contributed by atoms with Crippen LogP contribution in [0.5, 0.6) is 5.88 Å².